The zero-order valence-corrected chi connectivity index (χ0v) is 15.5. The lowest BCUT2D eigenvalue weighted by Crippen LogP contribution is -2.15. The van der Waals surface area contributed by atoms with Crippen LogP contribution in [0.4, 0.5) is 0 Å². The first-order valence-electron chi connectivity index (χ1n) is 8.49. The molecule has 0 saturated heterocycles. The normalized spacial score (nSPS) is 10.8. The first-order chi connectivity index (χ1) is 14.0. The van der Waals surface area contributed by atoms with Crippen LogP contribution in [0, 0.1) is 0 Å². The van der Waals surface area contributed by atoms with Gasteiger partial charge in [-0.05, 0) is 18.2 Å². The summed E-state index contributed by atoms with van der Waals surface area (Å²) in [6.45, 7) is 0. The molecule has 0 aliphatic carbocycles. The third-order valence-electron chi connectivity index (χ3n) is 4.29. The molecule has 0 atom stereocenters. The van der Waals surface area contributed by atoms with Crippen molar-refractivity contribution < 1.29 is 14.3 Å². The molecule has 10 nitrogen and oxygen atoms in total. The van der Waals surface area contributed by atoms with E-state index in [-0.39, 0.29) is 22.7 Å². The van der Waals surface area contributed by atoms with Crippen molar-refractivity contribution in [2.75, 3.05) is 14.2 Å². The molecule has 1 aromatic carbocycles. The van der Waals surface area contributed by atoms with Gasteiger partial charge in [-0.15, -0.1) is 0 Å². The van der Waals surface area contributed by atoms with Gasteiger partial charge in [0.05, 0.1) is 19.9 Å². The van der Waals surface area contributed by atoms with E-state index in [2.05, 4.69) is 19.9 Å². The number of hydrogen-bond donors (Lipinski definition) is 2. The number of fused-ring (bicyclic) bond motifs is 1. The van der Waals surface area contributed by atoms with Crippen LogP contribution < -0.4 is 20.9 Å². The highest BCUT2D eigenvalue weighted by molar-refractivity contribution is 6.02. The Balaban J connectivity index is 2.00. The lowest BCUT2D eigenvalue weighted by atomic mass is 10.2. The lowest BCUT2D eigenvalue weighted by molar-refractivity contribution is 0.0997. The van der Waals surface area contributed by atoms with E-state index in [1.54, 1.807) is 36.4 Å². The number of benzene rings is 1. The zero-order chi connectivity index (χ0) is 20.5. The van der Waals surface area contributed by atoms with Gasteiger partial charge in [0.25, 0.3) is 5.91 Å². The van der Waals surface area contributed by atoms with Gasteiger partial charge < -0.3 is 20.2 Å². The van der Waals surface area contributed by atoms with Gasteiger partial charge in [0.1, 0.15) is 11.3 Å². The van der Waals surface area contributed by atoms with Gasteiger partial charge in [-0.25, -0.2) is 24.3 Å². The minimum absolute atomic E-state index is 0.0976. The van der Waals surface area contributed by atoms with E-state index in [0.29, 0.717) is 22.9 Å². The van der Waals surface area contributed by atoms with Crippen molar-refractivity contribution in [1.82, 2.24) is 24.5 Å². The van der Waals surface area contributed by atoms with Gasteiger partial charge in [0.15, 0.2) is 17.2 Å². The maximum Gasteiger partial charge on any atom is 0.332 e. The molecule has 10 heteroatoms. The van der Waals surface area contributed by atoms with Crippen molar-refractivity contribution in [3.8, 4) is 28.7 Å². The molecule has 4 rings (SSSR count). The quantitative estimate of drug-likeness (QED) is 0.522. The number of nitrogens with two attached hydrogens (primary N) is 1. The molecule has 0 fully saturated rings. The minimum Gasteiger partial charge on any atom is -0.497 e. The van der Waals surface area contributed by atoms with Gasteiger partial charge >= 0.3 is 5.69 Å². The molecule has 146 valence electrons. The van der Waals surface area contributed by atoms with Crippen LogP contribution in [0.5, 0.6) is 11.6 Å². The number of aromatic amines is 1. The topological polar surface area (TPSA) is 138 Å². The van der Waals surface area contributed by atoms with Gasteiger partial charge in [0.2, 0.25) is 5.88 Å². The fourth-order valence-electron chi connectivity index (χ4n) is 2.91. The van der Waals surface area contributed by atoms with Crippen LogP contribution in [0.1, 0.15) is 10.5 Å². The number of pyridine rings is 1. The Kier molecular flexibility index (Phi) is 4.43. The van der Waals surface area contributed by atoms with E-state index >= 15 is 0 Å². The number of hydrogen-bond acceptors (Lipinski definition) is 7. The number of primary amides is 1. The van der Waals surface area contributed by atoms with Gasteiger partial charge in [-0.1, -0.05) is 6.07 Å². The summed E-state index contributed by atoms with van der Waals surface area (Å²) in [5.74, 6) is 0.378. The fraction of sp³-hybridized carbons (Fsp3) is 0.105. The largest absolute Gasteiger partial charge is 0.497 e. The second-order valence-corrected chi connectivity index (χ2v) is 6.01. The van der Waals surface area contributed by atoms with Gasteiger partial charge in [-0.2, -0.15) is 0 Å². The summed E-state index contributed by atoms with van der Waals surface area (Å²) in [6.07, 6.45) is 1.51. The number of nitrogens with zero attached hydrogens (tertiary/aromatic N) is 4. The summed E-state index contributed by atoms with van der Waals surface area (Å²) in [5.41, 5.74) is 6.30. The maximum atomic E-state index is 12.7. The summed E-state index contributed by atoms with van der Waals surface area (Å²) in [5, 5.41) is 0. The maximum absolute atomic E-state index is 12.7. The molecule has 3 heterocycles. The van der Waals surface area contributed by atoms with Crippen LogP contribution in [0.3, 0.4) is 0 Å². The molecule has 0 aliphatic rings. The number of ether oxygens (including phenoxy) is 2. The molecule has 0 spiro atoms. The SMILES string of the molecule is COc1cccc(-n2c(=O)[nH]c3c(C(N)=O)nc(-c4ccc(OC)nc4)nc32)c1. The van der Waals surface area contributed by atoms with Crippen molar-refractivity contribution in [3.05, 3.63) is 58.8 Å². The summed E-state index contributed by atoms with van der Waals surface area (Å²) < 4.78 is 11.6. The molecule has 0 radical (unpaired) electrons. The number of aromatic nitrogens is 5. The van der Waals surface area contributed by atoms with Crippen molar-refractivity contribution >= 4 is 17.1 Å². The Bertz CT molecular complexity index is 1280. The Morgan fingerprint density at radius 1 is 1.14 bits per heavy atom. The van der Waals surface area contributed by atoms with E-state index in [9.17, 15) is 9.59 Å². The van der Waals surface area contributed by atoms with E-state index in [1.165, 1.54) is 25.0 Å². The Labute approximate surface area is 164 Å². The average Bonchev–Trinajstić information content (AvgIpc) is 3.08. The van der Waals surface area contributed by atoms with E-state index in [0.717, 1.165) is 0 Å². The third kappa shape index (κ3) is 3.16. The number of methoxy groups -OCH3 is 2. The average molecular weight is 392 g/mol. The van der Waals surface area contributed by atoms with Crippen LogP contribution in [0.25, 0.3) is 28.2 Å². The highest BCUT2D eigenvalue weighted by atomic mass is 16.5. The van der Waals surface area contributed by atoms with E-state index in [1.807, 2.05) is 0 Å². The molecule has 4 aromatic rings. The number of rotatable bonds is 5. The highest BCUT2D eigenvalue weighted by Crippen LogP contribution is 2.23. The molecule has 3 aromatic heterocycles. The molecule has 1 amide bonds. The van der Waals surface area contributed by atoms with Crippen LogP contribution in [-0.4, -0.2) is 44.6 Å². The van der Waals surface area contributed by atoms with Crippen molar-refractivity contribution in [2.24, 2.45) is 5.73 Å². The molecule has 0 bridgehead atoms. The van der Waals surface area contributed by atoms with Gasteiger partial charge in [0, 0.05) is 23.9 Å². The molecule has 3 N–H and O–H groups in total. The standard InChI is InChI=1S/C19H16N6O4/c1-28-12-5-3-4-11(8-12)25-18-15(23-19(25)27)14(16(20)26)22-17(24-18)10-6-7-13(29-2)21-9-10/h3-9H,1-2H3,(H2,20,26)(H,23,27). The first kappa shape index (κ1) is 18.2. The summed E-state index contributed by atoms with van der Waals surface area (Å²) in [4.78, 5) is 40.1. The second-order valence-electron chi connectivity index (χ2n) is 6.01. The van der Waals surface area contributed by atoms with Crippen molar-refractivity contribution in [2.45, 2.75) is 0 Å². The van der Waals surface area contributed by atoms with Crippen LogP contribution in [0.15, 0.2) is 47.4 Å². The fourth-order valence-corrected chi connectivity index (χ4v) is 2.91. The molecule has 0 saturated carbocycles. The Morgan fingerprint density at radius 3 is 2.62 bits per heavy atom. The summed E-state index contributed by atoms with van der Waals surface area (Å²) in [6, 6.07) is 10.2. The predicted molar refractivity (Wildman–Crippen MR) is 104 cm³/mol. The minimum atomic E-state index is -0.792. The predicted octanol–water partition coefficient (Wildman–Crippen LogP) is 1.29. The molecular formula is C19H16N6O4. The lowest BCUT2D eigenvalue weighted by Gasteiger charge is -2.08. The smallest absolute Gasteiger partial charge is 0.332 e. The van der Waals surface area contributed by atoms with Crippen LogP contribution in [0.2, 0.25) is 0 Å². The van der Waals surface area contributed by atoms with E-state index in [4.69, 9.17) is 15.2 Å². The van der Waals surface area contributed by atoms with Crippen LogP contribution >= 0.6 is 0 Å². The van der Waals surface area contributed by atoms with Crippen molar-refractivity contribution in [1.29, 1.82) is 0 Å². The number of H-pyrrole nitrogens is 1. The summed E-state index contributed by atoms with van der Waals surface area (Å²) >= 11 is 0. The Hall–Kier alpha value is -4.21. The van der Waals surface area contributed by atoms with Crippen LogP contribution in [-0.2, 0) is 0 Å². The first-order valence-corrected chi connectivity index (χ1v) is 8.49. The molecule has 29 heavy (non-hydrogen) atoms. The summed E-state index contributed by atoms with van der Waals surface area (Å²) in [7, 11) is 3.03. The number of amides is 1. The highest BCUT2D eigenvalue weighted by Gasteiger charge is 2.20. The zero-order valence-electron chi connectivity index (χ0n) is 15.5. The molecule has 0 unspecified atom stereocenters. The number of carbonyl (C=O) groups is 1. The van der Waals surface area contributed by atoms with Crippen molar-refractivity contribution in [3.63, 3.8) is 0 Å². The monoisotopic (exact) mass is 392 g/mol. The third-order valence-corrected chi connectivity index (χ3v) is 4.29. The molecular weight excluding hydrogens is 376 g/mol. The number of carbonyl (C=O) groups excluding carboxylic acids is 1. The van der Waals surface area contributed by atoms with Gasteiger partial charge in [-0.3, -0.25) is 4.79 Å². The number of nitrogens with one attached hydrogen (secondary N) is 1. The van der Waals surface area contributed by atoms with E-state index < -0.39 is 11.6 Å². The Morgan fingerprint density at radius 2 is 1.97 bits per heavy atom. The number of imidazole rings is 1. The second kappa shape index (κ2) is 7.08. The molecule has 0 aliphatic heterocycles.